The predicted octanol–water partition coefficient (Wildman–Crippen LogP) is 4.57. The lowest BCUT2D eigenvalue weighted by atomic mass is 9.90. The molecule has 2 aromatic rings. The number of anilines is 1. The van der Waals surface area contributed by atoms with Crippen molar-refractivity contribution in [3.63, 3.8) is 0 Å². The summed E-state index contributed by atoms with van der Waals surface area (Å²) in [6.45, 7) is 1.82. The Morgan fingerprint density at radius 3 is 2.88 bits per heavy atom. The summed E-state index contributed by atoms with van der Waals surface area (Å²) in [6, 6.07) is 5.31. The number of rotatable bonds is 5. The van der Waals surface area contributed by atoms with E-state index in [-0.39, 0.29) is 12.5 Å². The summed E-state index contributed by atoms with van der Waals surface area (Å²) in [5.41, 5.74) is 0.913. The molecule has 0 radical (unpaired) electrons. The van der Waals surface area contributed by atoms with E-state index in [0.717, 1.165) is 10.6 Å². The fourth-order valence-corrected chi connectivity index (χ4v) is 3.86. The van der Waals surface area contributed by atoms with Crippen molar-refractivity contribution in [2.24, 2.45) is 0 Å². The molecular formula is C17H20ClN3O2S. The van der Waals surface area contributed by atoms with E-state index >= 15 is 0 Å². The second-order valence-corrected chi connectivity index (χ2v) is 7.44. The fraction of sp³-hybridized carbons (Fsp3) is 0.471. The van der Waals surface area contributed by atoms with Gasteiger partial charge in [-0.2, -0.15) is 0 Å². The average molecular weight is 366 g/mol. The van der Waals surface area contributed by atoms with Crippen LogP contribution >= 0.6 is 22.9 Å². The molecule has 0 saturated heterocycles. The summed E-state index contributed by atoms with van der Waals surface area (Å²) in [4.78, 5) is 12.0. The third-order valence-electron chi connectivity index (χ3n) is 4.14. The Kier molecular flexibility index (Phi) is 5.68. The van der Waals surface area contributed by atoms with E-state index in [4.69, 9.17) is 16.3 Å². The lowest BCUT2D eigenvalue weighted by molar-refractivity contribution is -0.118. The molecule has 0 spiro atoms. The summed E-state index contributed by atoms with van der Waals surface area (Å²) in [7, 11) is 0. The first-order chi connectivity index (χ1) is 11.6. The first-order valence-electron chi connectivity index (χ1n) is 8.14. The number of halogens is 1. The van der Waals surface area contributed by atoms with Gasteiger partial charge in [0.2, 0.25) is 5.13 Å². The summed E-state index contributed by atoms with van der Waals surface area (Å²) in [5.74, 6) is 0.872. The smallest absolute Gasteiger partial charge is 0.264 e. The Bertz CT molecular complexity index is 714. The third-order valence-corrected chi connectivity index (χ3v) is 5.57. The van der Waals surface area contributed by atoms with Gasteiger partial charge in [-0.3, -0.25) is 10.1 Å². The van der Waals surface area contributed by atoms with Crippen molar-refractivity contribution in [3.8, 4) is 5.75 Å². The van der Waals surface area contributed by atoms with Crippen LogP contribution < -0.4 is 10.1 Å². The molecule has 0 atom stereocenters. The van der Waals surface area contributed by atoms with Crippen molar-refractivity contribution in [1.29, 1.82) is 0 Å². The molecule has 24 heavy (non-hydrogen) atoms. The Hall–Kier alpha value is -1.66. The number of hydrogen-bond donors (Lipinski definition) is 1. The highest BCUT2D eigenvalue weighted by molar-refractivity contribution is 7.15. The molecule has 3 rings (SSSR count). The highest BCUT2D eigenvalue weighted by atomic mass is 35.5. The predicted molar refractivity (Wildman–Crippen MR) is 96.0 cm³/mol. The highest BCUT2D eigenvalue weighted by Gasteiger charge is 2.20. The van der Waals surface area contributed by atoms with Gasteiger partial charge in [0.1, 0.15) is 10.8 Å². The van der Waals surface area contributed by atoms with Gasteiger partial charge in [-0.15, -0.1) is 10.2 Å². The monoisotopic (exact) mass is 365 g/mol. The van der Waals surface area contributed by atoms with E-state index in [1.54, 1.807) is 12.1 Å². The Labute approximate surface area is 150 Å². The summed E-state index contributed by atoms with van der Waals surface area (Å²) in [6.07, 6.45) is 6.14. The Morgan fingerprint density at radius 2 is 2.12 bits per heavy atom. The molecule has 7 heteroatoms. The molecule has 0 unspecified atom stereocenters. The van der Waals surface area contributed by atoms with Gasteiger partial charge in [0.15, 0.2) is 6.61 Å². The van der Waals surface area contributed by atoms with Gasteiger partial charge in [0, 0.05) is 10.9 Å². The maximum atomic E-state index is 12.0. The highest BCUT2D eigenvalue weighted by Crippen LogP contribution is 2.35. The van der Waals surface area contributed by atoms with E-state index in [9.17, 15) is 4.79 Å². The van der Waals surface area contributed by atoms with Gasteiger partial charge in [0.25, 0.3) is 5.91 Å². The minimum Gasteiger partial charge on any atom is -0.484 e. The number of carbonyl (C=O) groups is 1. The second-order valence-electron chi connectivity index (χ2n) is 6.03. The van der Waals surface area contributed by atoms with Crippen LogP contribution in [0.3, 0.4) is 0 Å². The van der Waals surface area contributed by atoms with Crippen molar-refractivity contribution in [2.45, 2.75) is 44.9 Å². The zero-order valence-corrected chi connectivity index (χ0v) is 15.1. The van der Waals surface area contributed by atoms with Gasteiger partial charge in [-0.25, -0.2) is 0 Å². The van der Waals surface area contributed by atoms with Gasteiger partial charge in [-0.05, 0) is 43.5 Å². The van der Waals surface area contributed by atoms with Crippen LogP contribution in [-0.2, 0) is 4.79 Å². The molecule has 1 saturated carbocycles. The van der Waals surface area contributed by atoms with Crippen molar-refractivity contribution in [2.75, 3.05) is 11.9 Å². The molecule has 0 aliphatic heterocycles. The summed E-state index contributed by atoms with van der Waals surface area (Å²) >= 11 is 7.43. The number of amides is 1. The molecule has 128 valence electrons. The quantitative estimate of drug-likeness (QED) is 0.843. The van der Waals surface area contributed by atoms with E-state index in [1.165, 1.54) is 43.4 Å². The van der Waals surface area contributed by atoms with Gasteiger partial charge in [-0.1, -0.05) is 42.2 Å². The molecule has 0 bridgehead atoms. The SMILES string of the molecule is Cc1cc(OCC(=O)Nc2nnc(C3CCCCC3)s2)ccc1Cl. The molecule has 1 aromatic heterocycles. The van der Waals surface area contributed by atoms with Crippen LogP contribution in [0, 0.1) is 6.92 Å². The largest absolute Gasteiger partial charge is 0.484 e. The Balaban J connectivity index is 1.51. The maximum absolute atomic E-state index is 12.0. The van der Waals surface area contributed by atoms with Gasteiger partial charge in [0.05, 0.1) is 0 Å². The minimum atomic E-state index is -0.242. The molecular weight excluding hydrogens is 346 g/mol. The fourth-order valence-electron chi connectivity index (χ4n) is 2.81. The van der Waals surface area contributed by atoms with Crippen LogP contribution in [0.1, 0.15) is 48.6 Å². The first-order valence-corrected chi connectivity index (χ1v) is 9.33. The minimum absolute atomic E-state index is 0.0700. The van der Waals surface area contributed by atoms with Crippen LogP contribution in [0.2, 0.25) is 5.02 Å². The third kappa shape index (κ3) is 4.45. The van der Waals surface area contributed by atoms with Crippen LogP contribution in [0.15, 0.2) is 18.2 Å². The second kappa shape index (κ2) is 7.94. The van der Waals surface area contributed by atoms with Crippen LogP contribution in [0.4, 0.5) is 5.13 Å². The number of nitrogens with zero attached hydrogens (tertiary/aromatic N) is 2. The molecule has 1 heterocycles. The van der Waals surface area contributed by atoms with Crippen LogP contribution in [0.25, 0.3) is 0 Å². The number of aromatic nitrogens is 2. The van der Waals surface area contributed by atoms with Crippen molar-refractivity contribution in [3.05, 3.63) is 33.8 Å². The molecule has 1 aliphatic rings. The molecule has 1 fully saturated rings. The van der Waals surface area contributed by atoms with Crippen LogP contribution in [0.5, 0.6) is 5.75 Å². The lowest BCUT2D eigenvalue weighted by Gasteiger charge is -2.18. The summed E-state index contributed by atoms with van der Waals surface area (Å²) < 4.78 is 5.48. The Morgan fingerprint density at radius 1 is 1.33 bits per heavy atom. The van der Waals surface area contributed by atoms with Crippen molar-refractivity contribution >= 4 is 34.0 Å². The molecule has 5 nitrogen and oxygen atoms in total. The number of carbonyl (C=O) groups excluding carboxylic acids is 1. The van der Waals surface area contributed by atoms with E-state index in [2.05, 4.69) is 15.5 Å². The lowest BCUT2D eigenvalue weighted by Crippen LogP contribution is -2.20. The van der Waals surface area contributed by atoms with E-state index in [0.29, 0.717) is 21.8 Å². The van der Waals surface area contributed by atoms with Crippen molar-refractivity contribution < 1.29 is 9.53 Å². The zero-order chi connectivity index (χ0) is 16.9. The van der Waals surface area contributed by atoms with E-state index in [1.807, 2.05) is 13.0 Å². The first kappa shape index (κ1) is 17.2. The zero-order valence-electron chi connectivity index (χ0n) is 13.5. The molecule has 1 N–H and O–H groups in total. The number of benzene rings is 1. The number of aryl methyl sites for hydroxylation is 1. The van der Waals surface area contributed by atoms with Gasteiger partial charge < -0.3 is 4.74 Å². The van der Waals surface area contributed by atoms with Gasteiger partial charge >= 0.3 is 0 Å². The topological polar surface area (TPSA) is 64.1 Å². The number of hydrogen-bond acceptors (Lipinski definition) is 5. The molecule has 1 amide bonds. The maximum Gasteiger partial charge on any atom is 0.264 e. The number of ether oxygens (including phenoxy) is 1. The molecule has 1 aromatic carbocycles. The van der Waals surface area contributed by atoms with E-state index < -0.39 is 0 Å². The number of nitrogens with one attached hydrogen (secondary N) is 1. The summed E-state index contributed by atoms with van der Waals surface area (Å²) in [5, 5.41) is 13.3. The van der Waals surface area contributed by atoms with Crippen LogP contribution in [-0.4, -0.2) is 22.7 Å². The molecule has 1 aliphatic carbocycles. The average Bonchev–Trinajstić information content (AvgIpc) is 3.05. The standard InChI is InChI=1S/C17H20ClN3O2S/c1-11-9-13(7-8-14(11)18)23-10-15(22)19-17-21-20-16(24-17)12-5-3-2-4-6-12/h7-9,12H,2-6,10H2,1H3,(H,19,21,22). The normalized spacial score (nSPS) is 15.2. The van der Waals surface area contributed by atoms with Crippen molar-refractivity contribution in [1.82, 2.24) is 10.2 Å².